The first-order valence-corrected chi connectivity index (χ1v) is 9.29. The van der Waals surface area contributed by atoms with Gasteiger partial charge in [-0.15, -0.1) is 0 Å². The summed E-state index contributed by atoms with van der Waals surface area (Å²) in [6.07, 6.45) is -2.64. The molecule has 7 nitrogen and oxygen atoms in total. The summed E-state index contributed by atoms with van der Waals surface area (Å²) in [6, 6.07) is 7.31. The first-order valence-electron chi connectivity index (χ1n) is 8.91. The average molecular weight is 435 g/mol. The third-order valence-electron chi connectivity index (χ3n) is 5.00. The maximum Gasteiger partial charge on any atom is 0.416 e. The van der Waals surface area contributed by atoms with Crippen molar-refractivity contribution in [3.63, 3.8) is 0 Å². The average Bonchev–Trinajstić information content (AvgIpc) is 3.06. The molecular formula is C19H14ClF3N6O. The standard InChI is InChI=1S/C19H14ClF3N6O/c20-17-16(8-25-26-18(17)30)28-6-5-15-12(10-28)14(7-24)27-29(15)9-11-3-1-2-4-13(11)19(21,22)23/h1-4,8H,5-6,9-10H2,(H,26,30). The number of nitrogens with zero attached hydrogens (tertiary/aromatic N) is 5. The minimum atomic E-state index is -4.48. The maximum absolute atomic E-state index is 13.3. The van der Waals surface area contributed by atoms with Crippen LogP contribution in [0.5, 0.6) is 0 Å². The van der Waals surface area contributed by atoms with Gasteiger partial charge in [-0.25, -0.2) is 5.10 Å². The Labute approximate surface area is 173 Å². The van der Waals surface area contributed by atoms with Crippen molar-refractivity contribution >= 4 is 17.3 Å². The monoisotopic (exact) mass is 434 g/mol. The van der Waals surface area contributed by atoms with Crippen LogP contribution in [-0.2, 0) is 25.7 Å². The van der Waals surface area contributed by atoms with Crippen molar-refractivity contribution < 1.29 is 13.2 Å². The number of aromatic nitrogens is 4. The molecule has 3 aromatic rings. The van der Waals surface area contributed by atoms with Crippen molar-refractivity contribution in [1.29, 1.82) is 5.26 Å². The van der Waals surface area contributed by atoms with E-state index >= 15 is 0 Å². The molecule has 0 spiro atoms. The van der Waals surface area contributed by atoms with Crippen LogP contribution in [0, 0.1) is 11.3 Å². The molecule has 0 saturated carbocycles. The molecule has 1 aliphatic heterocycles. The van der Waals surface area contributed by atoms with E-state index in [1.807, 2.05) is 6.07 Å². The first kappa shape index (κ1) is 20.0. The lowest BCUT2D eigenvalue weighted by Crippen LogP contribution is -2.32. The zero-order chi connectivity index (χ0) is 21.5. The molecule has 1 aliphatic rings. The molecule has 154 valence electrons. The second-order valence-electron chi connectivity index (χ2n) is 6.77. The van der Waals surface area contributed by atoms with Crippen LogP contribution < -0.4 is 10.5 Å². The zero-order valence-corrected chi connectivity index (χ0v) is 16.1. The number of nitriles is 1. The van der Waals surface area contributed by atoms with Gasteiger partial charge < -0.3 is 4.90 Å². The molecule has 0 saturated heterocycles. The fourth-order valence-electron chi connectivity index (χ4n) is 3.61. The second kappa shape index (κ2) is 7.50. The third kappa shape index (κ3) is 3.52. The molecule has 0 radical (unpaired) electrons. The molecular weight excluding hydrogens is 421 g/mol. The van der Waals surface area contributed by atoms with Crippen molar-refractivity contribution in [3.8, 4) is 6.07 Å². The van der Waals surface area contributed by atoms with Crippen LogP contribution in [0.2, 0.25) is 5.02 Å². The van der Waals surface area contributed by atoms with Gasteiger partial charge in [-0.05, 0) is 11.6 Å². The van der Waals surface area contributed by atoms with Gasteiger partial charge in [0.1, 0.15) is 11.1 Å². The summed E-state index contributed by atoms with van der Waals surface area (Å²) in [6.45, 7) is 0.576. The highest BCUT2D eigenvalue weighted by atomic mass is 35.5. The Kier molecular flexibility index (Phi) is 4.99. The Morgan fingerprint density at radius 2 is 2.07 bits per heavy atom. The van der Waals surface area contributed by atoms with Crippen LogP contribution in [0.4, 0.5) is 18.9 Å². The molecule has 0 aliphatic carbocycles. The van der Waals surface area contributed by atoms with E-state index in [-0.39, 0.29) is 29.4 Å². The van der Waals surface area contributed by atoms with Gasteiger partial charge in [0.15, 0.2) is 5.69 Å². The largest absolute Gasteiger partial charge is 0.416 e. The molecule has 11 heteroatoms. The Hall–Kier alpha value is -3.32. The van der Waals surface area contributed by atoms with Gasteiger partial charge in [-0.2, -0.15) is 28.6 Å². The number of benzene rings is 1. The van der Waals surface area contributed by atoms with Crippen LogP contribution in [0.1, 0.15) is 28.1 Å². The number of rotatable bonds is 3. The van der Waals surface area contributed by atoms with Crippen LogP contribution >= 0.6 is 11.6 Å². The maximum atomic E-state index is 13.3. The van der Waals surface area contributed by atoms with Gasteiger partial charge in [-0.3, -0.25) is 9.48 Å². The number of anilines is 1. The van der Waals surface area contributed by atoms with E-state index in [2.05, 4.69) is 15.3 Å². The molecule has 1 N–H and O–H groups in total. The summed E-state index contributed by atoms with van der Waals surface area (Å²) in [5.74, 6) is 0. The molecule has 0 amide bonds. The Balaban J connectivity index is 1.70. The molecule has 2 aromatic heterocycles. The number of H-pyrrole nitrogens is 1. The van der Waals surface area contributed by atoms with E-state index in [1.54, 1.807) is 4.90 Å². The Morgan fingerprint density at radius 1 is 1.30 bits per heavy atom. The summed E-state index contributed by atoms with van der Waals surface area (Å²) >= 11 is 6.08. The topological polar surface area (TPSA) is 90.6 Å². The van der Waals surface area contributed by atoms with Gasteiger partial charge in [-0.1, -0.05) is 29.8 Å². The van der Waals surface area contributed by atoms with Gasteiger partial charge in [0, 0.05) is 30.8 Å². The zero-order valence-electron chi connectivity index (χ0n) is 15.4. The summed E-state index contributed by atoms with van der Waals surface area (Å²) in [4.78, 5) is 13.5. The molecule has 30 heavy (non-hydrogen) atoms. The molecule has 0 atom stereocenters. The highest BCUT2D eigenvalue weighted by Gasteiger charge is 2.34. The van der Waals surface area contributed by atoms with E-state index in [0.29, 0.717) is 29.9 Å². The summed E-state index contributed by atoms with van der Waals surface area (Å²) < 4.78 is 41.5. The molecule has 4 rings (SSSR count). The summed E-state index contributed by atoms with van der Waals surface area (Å²) in [7, 11) is 0. The minimum absolute atomic E-state index is 0.0153. The number of fused-ring (bicyclic) bond motifs is 1. The lowest BCUT2D eigenvalue weighted by atomic mass is 10.0. The van der Waals surface area contributed by atoms with Crippen molar-refractivity contribution in [2.45, 2.75) is 25.7 Å². The van der Waals surface area contributed by atoms with Crippen molar-refractivity contribution in [3.05, 3.63) is 73.9 Å². The van der Waals surface area contributed by atoms with Crippen LogP contribution in [0.3, 0.4) is 0 Å². The second-order valence-corrected chi connectivity index (χ2v) is 7.15. The smallest absolute Gasteiger partial charge is 0.364 e. The minimum Gasteiger partial charge on any atom is -0.364 e. The molecule has 0 unspecified atom stereocenters. The number of alkyl halides is 3. The number of aromatic amines is 1. The molecule has 0 bridgehead atoms. The number of halogens is 4. The predicted molar refractivity (Wildman–Crippen MR) is 102 cm³/mol. The predicted octanol–water partition coefficient (Wildman–Crippen LogP) is 3.12. The van der Waals surface area contributed by atoms with Gasteiger partial charge >= 0.3 is 6.18 Å². The Morgan fingerprint density at radius 3 is 2.80 bits per heavy atom. The molecule has 0 fully saturated rings. The fraction of sp³-hybridized carbons (Fsp3) is 0.263. The lowest BCUT2D eigenvalue weighted by Gasteiger charge is -2.29. The normalized spacial score (nSPS) is 13.8. The molecule has 1 aromatic carbocycles. The van der Waals surface area contributed by atoms with Crippen LogP contribution in [0.25, 0.3) is 0 Å². The SMILES string of the molecule is N#Cc1nn(Cc2ccccc2C(F)(F)F)c2c1CN(c1cn[nH]c(=O)c1Cl)CC2. The van der Waals surface area contributed by atoms with Crippen LogP contribution in [-0.4, -0.2) is 26.5 Å². The van der Waals surface area contributed by atoms with Gasteiger partial charge in [0.2, 0.25) is 0 Å². The van der Waals surface area contributed by atoms with Crippen molar-refractivity contribution in [2.75, 3.05) is 11.4 Å². The summed E-state index contributed by atoms with van der Waals surface area (Å²) in [5.41, 5.74) is 0.659. The number of hydrogen-bond donors (Lipinski definition) is 1. The van der Waals surface area contributed by atoms with Gasteiger partial charge in [0.25, 0.3) is 5.56 Å². The van der Waals surface area contributed by atoms with Crippen molar-refractivity contribution in [2.24, 2.45) is 0 Å². The highest BCUT2D eigenvalue weighted by molar-refractivity contribution is 6.33. The quantitative estimate of drug-likeness (QED) is 0.684. The van der Waals surface area contributed by atoms with E-state index < -0.39 is 17.3 Å². The van der Waals surface area contributed by atoms with Crippen LogP contribution in [0.15, 0.2) is 35.3 Å². The van der Waals surface area contributed by atoms with E-state index in [0.717, 1.165) is 6.07 Å². The summed E-state index contributed by atoms with van der Waals surface area (Å²) in [5, 5.41) is 19.7. The van der Waals surface area contributed by atoms with E-state index in [1.165, 1.54) is 29.1 Å². The molecule has 3 heterocycles. The first-order chi connectivity index (χ1) is 14.3. The fourth-order valence-corrected chi connectivity index (χ4v) is 3.82. The van der Waals surface area contributed by atoms with Crippen molar-refractivity contribution in [1.82, 2.24) is 20.0 Å². The lowest BCUT2D eigenvalue weighted by molar-refractivity contribution is -0.138. The Bertz CT molecular complexity index is 1210. The van der Waals surface area contributed by atoms with E-state index in [9.17, 15) is 23.2 Å². The highest BCUT2D eigenvalue weighted by Crippen LogP contribution is 2.33. The van der Waals surface area contributed by atoms with E-state index in [4.69, 9.17) is 11.6 Å². The third-order valence-corrected chi connectivity index (χ3v) is 5.37. The van der Waals surface area contributed by atoms with Gasteiger partial charge in [0.05, 0.1) is 24.0 Å². The number of hydrogen-bond acceptors (Lipinski definition) is 5. The number of nitrogens with one attached hydrogen (secondary N) is 1.